The summed E-state index contributed by atoms with van der Waals surface area (Å²) < 4.78 is 0. The number of carbonyl (C=O) groups is 2. The van der Waals surface area contributed by atoms with Crippen molar-refractivity contribution in [3.8, 4) is 11.1 Å². The van der Waals surface area contributed by atoms with Crippen LogP contribution in [-0.4, -0.2) is 64.8 Å². The van der Waals surface area contributed by atoms with Gasteiger partial charge in [0.05, 0.1) is 11.1 Å². The molecule has 2 N–H and O–H groups in total. The number of aromatic nitrogens is 2. The maximum absolute atomic E-state index is 13.3. The van der Waals surface area contributed by atoms with Crippen molar-refractivity contribution in [3.05, 3.63) is 70.8 Å². The monoisotopic (exact) mass is 441 g/mol. The van der Waals surface area contributed by atoms with E-state index in [2.05, 4.69) is 27.2 Å². The average molecular weight is 442 g/mol. The van der Waals surface area contributed by atoms with Crippen LogP contribution < -0.4 is 5.32 Å². The van der Waals surface area contributed by atoms with Gasteiger partial charge in [0.15, 0.2) is 0 Å². The lowest BCUT2D eigenvalue weighted by Crippen LogP contribution is -2.47. The molecular weight excluding hydrogens is 414 g/mol. The van der Waals surface area contributed by atoms with E-state index in [0.717, 1.165) is 65.5 Å². The molecule has 33 heavy (non-hydrogen) atoms. The smallest absolute Gasteiger partial charge is 0.256 e. The van der Waals surface area contributed by atoms with E-state index >= 15 is 0 Å². The second-order valence-electron chi connectivity index (χ2n) is 8.74. The van der Waals surface area contributed by atoms with Gasteiger partial charge in [0, 0.05) is 66.8 Å². The van der Waals surface area contributed by atoms with Gasteiger partial charge in [0.25, 0.3) is 11.8 Å². The summed E-state index contributed by atoms with van der Waals surface area (Å²) in [6.45, 7) is 7.06. The van der Waals surface area contributed by atoms with Crippen molar-refractivity contribution in [1.29, 1.82) is 0 Å². The molecule has 0 spiro atoms. The van der Waals surface area contributed by atoms with Crippen LogP contribution in [0, 0.1) is 13.8 Å². The Morgan fingerprint density at radius 3 is 2.61 bits per heavy atom. The number of aromatic amines is 1. The number of hydrogen-bond donors (Lipinski definition) is 2. The number of likely N-dealkylation sites (N-methyl/N-ethyl adjacent to an activating group) is 1. The van der Waals surface area contributed by atoms with E-state index in [4.69, 9.17) is 0 Å². The lowest BCUT2D eigenvalue weighted by molar-refractivity contribution is -0.110. The van der Waals surface area contributed by atoms with Gasteiger partial charge in [-0.15, -0.1) is 0 Å². The zero-order valence-electron chi connectivity index (χ0n) is 19.1. The number of H-pyrrole nitrogens is 1. The van der Waals surface area contributed by atoms with Gasteiger partial charge in [-0.05, 0) is 50.2 Å². The quantitative estimate of drug-likeness (QED) is 0.609. The summed E-state index contributed by atoms with van der Waals surface area (Å²) in [6, 6.07) is 9.71. The second-order valence-corrected chi connectivity index (χ2v) is 8.74. The summed E-state index contributed by atoms with van der Waals surface area (Å²) in [5, 5.41) is 2.98. The third-order valence-corrected chi connectivity index (χ3v) is 6.57. The van der Waals surface area contributed by atoms with E-state index < -0.39 is 0 Å². The Labute approximate surface area is 193 Å². The van der Waals surface area contributed by atoms with E-state index in [-0.39, 0.29) is 11.8 Å². The van der Waals surface area contributed by atoms with E-state index in [1.807, 2.05) is 55.2 Å². The number of aryl methyl sites for hydroxylation is 1. The molecule has 1 saturated heterocycles. The standard InChI is InChI=1S/C26H27N5O2/c1-16-22(28-17(2)23(16)26(33)31-12-10-30(3)11-13-31)14-20-24-19(18-6-5-9-27-15-18)7-4-8-21(24)29-25(20)32/h4-9,14-15,28H,10-13H2,1-3H3,(H,29,32)/b20-14-. The number of nitrogens with one attached hydrogen (secondary N) is 2. The number of benzene rings is 1. The van der Waals surface area contributed by atoms with Crippen LogP contribution in [0.25, 0.3) is 22.8 Å². The highest BCUT2D eigenvalue weighted by atomic mass is 16.2. The maximum atomic E-state index is 13.3. The molecule has 168 valence electrons. The number of amides is 2. The minimum absolute atomic E-state index is 0.0475. The number of fused-ring (bicyclic) bond motifs is 1. The number of pyridine rings is 1. The fourth-order valence-electron chi connectivity index (χ4n) is 4.70. The summed E-state index contributed by atoms with van der Waals surface area (Å²) in [5.41, 5.74) is 7.27. The number of carbonyl (C=O) groups excluding carboxylic acids is 2. The molecule has 5 rings (SSSR count). The first-order chi connectivity index (χ1) is 15.9. The van der Waals surface area contributed by atoms with Crippen molar-refractivity contribution in [2.45, 2.75) is 13.8 Å². The van der Waals surface area contributed by atoms with Crippen LogP contribution in [0.5, 0.6) is 0 Å². The molecule has 3 aromatic rings. The predicted octanol–water partition coefficient (Wildman–Crippen LogP) is 3.57. The van der Waals surface area contributed by atoms with Crippen LogP contribution >= 0.6 is 0 Å². The molecular formula is C26H27N5O2. The molecule has 0 atom stereocenters. The van der Waals surface area contributed by atoms with Gasteiger partial charge in [0.1, 0.15) is 0 Å². The van der Waals surface area contributed by atoms with Crippen molar-refractivity contribution < 1.29 is 9.59 Å². The van der Waals surface area contributed by atoms with Crippen molar-refractivity contribution in [2.75, 3.05) is 38.5 Å². The Kier molecular flexibility index (Phi) is 5.34. The summed E-state index contributed by atoms with van der Waals surface area (Å²) >= 11 is 0. The van der Waals surface area contributed by atoms with Gasteiger partial charge in [0.2, 0.25) is 0 Å². The minimum Gasteiger partial charge on any atom is -0.358 e. The van der Waals surface area contributed by atoms with Crippen LogP contribution in [0.1, 0.15) is 32.9 Å². The molecule has 7 heteroatoms. The molecule has 1 aromatic carbocycles. The highest BCUT2D eigenvalue weighted by molar-refractivity contribution is 6.36. The van der Waals surface area contributed by atoms with E-state index in [9.17, 15) is 9.59 Å². The van der Waals surface area contributed by atoms with Crippen LogP contribution in [0.3, 0.4) is 0 Å². The van der Waals surface area contributed by atoms with Gasteiger partial charge in [-0.3, -0.25) is 14.6 Å². The Balaban J connectivity index is 1.55. The first-order valence-corrected chi connectivity index (χ1v) is 11.2. The van der Waals surface area contributed by atoms with Crippen LogP contribution in [0.2, 0.25) is 0 Å². The maximum Gasteiger partial charge on any atom is 0.256 e. The third-order valence-electron chi connectivity index (χ3n) is 6.57. The van der Waals surface area contributed by atoms with Gasteiger partial charge < -0.3 is 20.1 Å². The molecule has 0 unspecified atom stereocenters. The topological polar surface area (TPSA) is 81.3 Å². The highest BCUT2D eigenvalue weighted by Gasteiger charge is 2.29. The Bertz CT molecular complexity index is 1270. The SMILES string of the molecule is Cc1[nH]c(/C=C2\C(=O)Nc3cccc(-c4cccnc4)c32)c(C)c1C(=O)N1CCN(C)CC1. The number of hydrogen-bond acceptors (Lipinski definition) is 4. The number of nitrogens with zero attached hydrogens (tertiary/aromatic N) is 3. The Hall–Kier alpha value is -3.71. The highest BCUT2D eigenvalue weighted by Crippen LogP contribution is 2.40. The third kappa shape index (κ3) is 3.74. The first kappa shape index (κ1) is 21.2. The Morgan fingerprint density at radius 2 is 1.88 bits per heavy atom. The summed E-state index contributed by atoms with van der Waals surface area (Å²) in [4.78, 5) is 38.0. The number of rotatable bonds is 3. The molecule has 1 fully saturated rings. The molecule has 2 aromatic heterocycles. The number of anilines is 1. The largest absolute Gasteiger partial charge is 0.358 e. The molecule has 0 saturated carbocycles. The molecule has 4 heterocycles. The van der Waals surface area contributed by atoms with Gasteiger partial charge in [-0.2, -0.15) is 0 Å². The molecule has 7 nitrogen and oxygen atoms in total. The zero-order valence-corrected chi connectivity index (χ0v) is 19.1. The fraction of sp³-hybridized carbons (Fsp3) is 0.269. The van der Waals surface area contributed by atoms with Crippen LogP contribution in [-0.2, 0) is 4.79 Å². The van der Waals surface area contributed by atoms with Gasteiger partial charge >= 0.3 is 0 Å². The van der Waals surface area contributed by atoms with Crippen molar-refractivity contribution in [3.63, 3.8) is 0 Å². The first-order valence-electron chi connectivity index (χ1n) is 11.2. The molecule has 0 aliphatic carbocycles. The van der Waals surface area contributed by atoms with Crippen LogP contribution in [0.15, 0.2) is 42.7 Å². The van der Waals surface area contributed by atoms with Crippen LogP contribution in [0.4, 0.5) is 5.69 Å². The van der Waals surface area contributed by atoms with E-state index in [1.165, 1.54) is 0 Å². The molecule has 2 amide bonds. The average Bonchev–Trinajstić information content (AvgIpc) is 3.29. The van der Waals surface area contributed by atoms with Crippen molar-refractivity contribution >= 4 is 29.2 Å². The lowest BCUT2D eigenvalue weighted by Gasteiger charge is -2.32. The number of piperazine rings is 1. The molecule has 2 aliphatic heterocycles. The molecule has 2 aliphatic rings. The normalized spacial score (nSPS) is 17.4. The van der Waals surface area contributed by atoms with Gasteiger partial charge in [-0.25, -0.2) is 0 Å². The summed E-state index contributed by atoms with van der Waals surface area (Å²) in [5.74, 6) is -0.105. The van der Waals surface area contributed by atoms with E-state index in [0.29, 0.717) is 11.1 Å². The second kappa shape index (κ2) is 8.33. The van der Waals surface area contributed by atoms with Crippen molar-refractivity contribution in [2.24, 2.45) is 0 Å². The summed E-state index contributed by atoms with van der Waals surface area (Å²) in [7, 11) is 2.07. The zero-order chi connectivity index (χ0) is 23.1. The van der Waals surface area contributed by atoms with E-state index in [1.54, 1.807) is 12.4 Å². The molecule has 0 bridgehead atoms. The Morgan fingerprint density at radius 1 is 1.09 bits per heavy atom. The van der Waals surface area contributed by atoms with Gasteiger partial charge in [-0.1, -0.05) is 18.2 Å². The minimum atomic E-state index is -0.153. The van der Waals surface area contributed by atoms with Crippen molar-refractivity contribution in [1.82, 2.24) is 19.8 Å². The fourth-order valence-corrected chi connectivity index (χ4v) is 4.70. The summed E-state index contributed by atoms with van der Waals surface area (Å²) in [6.07, 6.45) is 5.40. The molecule has 0 radical (unpaired) electrons. The predicted molar refractivity (Wildman–Crippen MR) is 130 cm³/mol. The lowest BCUT2D eigenvalue weighted by atomic mass is 9.95.